The minimum atomic E-state index is -5.93. The van der Waals surface area contributed by atoms with Gasteiger partial charge in [-0.25, -0.2) is 0 Å². The highest BCUT2D eigenvalue weighted by Gasteiger charge is 2.63. The lowest BCUT2D eigenvalue weighted by atomic mass is 10.2. The van der Waals surface area contributed by atoms with Crippen molar-refractivity contribution < 1.29 is 31.9 Å². The number of carbonyl (C=O) groups is 1. The number of hydrogen-bond acceptors (Lipinski definition) is 2. The zero-order valence-electron chi connectivity index (χ0n) is 7.74. The van der Waals surface area contributed by atoms with E-state index in [2.05, 4.69) is 0 Å². The molecule has 0 radical (unpaired) electrons. The molecule has 8 heteroatoms. The zero-order chi connectivity index (χ0) is 12.3. The van der Waals surface area contributed by atoms with Crippen LogP contribution >= 0.6 is 0 Å². The second kappa shape index (κ2) is 4.73. The molecule has 0 spiro atoms. The Morgan fingerprint density at radius 1 is 1.33 bits per heavy atom. The van der Waals surface area contributed by atoms with E-state index in [4.69, 9.17) is 5.11 Å². The van der Waals surface area contributed by atoms with Crippen molar-refractivity contribution in [2.24, 2.45) is 0 Å². The summed E-state index contributed by atoms with van der Waals surface area (Å²) >= 11 is 0. The number of hydrogen-bond donors (Lipinski definition) is 2. The fourth-order valence-corrected chi connectivity index (χ4v) is 0.682. The Morgan fingerprint density at radius 2 is 1.80 bits per heavy atom. The second-order valence-electron chi connectivity index (χ2n) is 2.83. The van der Waals surface area contributed by atoms with E-state index >= 15 is 0 Å². The summed E-state index contributed by atoms with van der Waals surface area (Å²) in [7, 11) is 0. The maximum Gasteiger partial charge on any atom is 0.463 e. The van der Waals surface area contributed by atoms with E-state index in [1.807, 2.05) is 0 Å². The summed E-state index contributed by atoms with van der Waals surface area (Å²) in [6, 6.07) is -1.11. The summed E-state index contributed by atoms with van der Waals surface area (Å²) in [5.41, 5.74) is 0. The average Bonchev–Trinajstić information content (AvgIpc) is 2.11. The van der Waals surface area contributed by atoms with Crippen molar-refractivity contribution in [2.75, 3.05) is 6.61 Å². The van der Waals surface area contributed by atoms with Crippen LogP contribution in [0.2, 0.25) is 0 Å². The van der Waals surface area contributed by atoms with Crippen LogP contribution in [0.4, 0.5) is 22.0 Å². The SMILES string of the molecule is CCC(CO)NC(=O)C(F)(F)C(F)(F)F. The highest BCUT2D eigenvalue weighted by molar-refractivity contribution is 5.84. The Morgan fingerprint density at radius 3 is 2.07 bits per heavy atom. The highest BCUT2D eigenvalue weighted by Crippen LogP contribution is 2.35. The number of rotatable bonds is 4. The van der Waals surface area contributed by atoms with Crippen molar-refractivity contribution in [2.45, 2.75) is 31.5 Å². The molecular formula is C7H10F5NO2. The van der Waals surface area contributed by atoms with E-state index in [-0.39, 0.29) is 6.42 Å². The molecule has 2 N–H and O–H groups in total. The summed E-state index contributed by atoms with van der Waals surface area (Å²) in [6.45, 7) is 0.725. The fraction of sp³-hybridized carbons (Fsp3) is 0.857. The van der Waals surface area contributed by atoms with Crippen LogP contribution in [0, 0.1) is 0 Å². The van der Waals surface area contributed by atoms with E-state index in [0.29, 0.717) is 0 Å². The van der Waals surface area contributed by atoms with E-state index in [1.54, 1.807) is 0 Å². The monoisotopic (exact) mass is 235 g/mol. The summed E-state index contributed by atoms with van der Waals surface area (Å²) in [6.07, 6.45) is -5.87. The molecule has 0 aliphatic carbocycles. The number of aliphatic hydroxyl groups is 1. The minimum absolute atomic E-state index is 0.0518. The van der Waals surface area contributed by atoms with Crippen LogP contribution in [0.3, 0.4) is 0 Å². The van der Waals surface area contributed by atoms with Gasteiger partial charge in [0, 0.05) is 0 Å². The first-order chi connectivity index (χ1) is 6.66. The standard InChI is InChI=1S/C7H10F5NO2/c1-2-4(3-14)13-5(15)6(8,9)7(10,11)12/h4,14H,2-3H2,1H3,(H,13,15). The number of nitrogens with one attached hydrogen (secondary N) is 1. The summed E-state index contributed by atoms with van der Waals surface area (Å²) < 4.78 is 59.7. The Labute approximate surface area is 82.3 Å². The molecule has 0 aromatic heterocycles. The Hall–Kier alpha value is -0.920. The van der Waals surface area contributed by atoms with E-state index in [1.165, 1.54) is 12.2 Å². The molecular weight excluding hydrogens is 225 g/mol. The van der Waals surface area contributed by atoms with Crippen LogP contribution in [0.5, 0.6) is 0 Å². The second-order valence-corrected chi connectivity index (χ2v) is 2.83. The third-order valence-electron chi connectivity index (χ3n) is 1.69. The lowest BCUT2D eigenvalue weighted by Crippen LogP contribution is -2.53. The Balaban J connectivity index is 4.58. The lowest BCUT2D eigenvalue weighted by Gasteiger charge is -2.21. The zero-order valence-corrected chi connectivity index (χ0v) is 7.74. The molecule has 1 atom stereocenters. The van der Waals surface area contributed by atoms with Gasteiger partial charge in [0.1, 0.15) is 0 Å². The minimum Gasteiger partial charge on any atom is -0.394 e. The van der Waals surface area contributed by atoms with Crippen molar-refractivity contribution >= 4 is 5.91 Å². The third-order valence-corrected chi connectivity index (χ3v) is 1.69. The van der Waals surface area contributed by atoms with Crippen LogP contribution in [0.15, 0.2) is 0 Å². The highest BCUT2D eigenvalue weighted by atomic mass is 19.4. The third kappa shape index (κ3) is 3.29. The molecule has 0 saturated carbocycles. The molecule has 0 saturated heterocycles. The van der Waals surface area contributed by atoms with Crippen LogP contribution in [-0.2, 0) is 4.79 Å². The van der Waals surface area contributed by atoms with Gasteiger partial charge in [0.2, 0.25) is 0 Å². The predicted molar refractivity (Wildman–Crippen MR) is 40.3 cm³/mol. The summed E-state index contributed by atoms with van der Waals surface area (Å²) in [5.74, 6) is -7.88. The summed E-state index contributed by atoms with van der Waals surface area (Å²) in [4.78, 5) is 10.5. The molecule has 1 unspecified atom stereocenters. The molecule has 3 nitrogen and oxygen atoms in total. The first-order valence-electron chi connectivity index (χ1n) is 4.03. The fourth-order valence-electron chi connectivity index (χ4n) is 0.682. The van der Waals surface area contributed by atoms with Gasteiger partial charge in [-0.2, -0.15) is 22.0 Å². The first-order valence-corrected chi connectivity index (χ1v) is 4.03. The van der Waals surface area contributed by atoms with Crippen molar-refractivity contribution in [1.29, 1.82) is 0 Å². The first kappa shape index (κ1) is 14.1. The van der Waals surface area contributed by atoms with Crippen molar-refractivity contribution in [3.05, 3.63) is 0 Å². The molecule has 0 aliphatic heterocycles. The number of amides is 1. The molecule has 1 amide bonds. The number of alkyl halides is 5. The average molecular weight is 235 g/mol. The van der Waals surface area contributed by atoms with E-state index < -0.39 is 30.7 Å². The Kier molecular flexibility index (Phi) is 4.44. The van der Waals surface area contributed by atoms with Crippen molar-refractivity contribution in [1.82, 2.24) is 5.32 Å². The van der Waals surface area contributed by atoms with Crippen molar-refractivity contribution in [3.8, 4) is 0 Å². The molecule has 0 bridgehead atoms. The van der Waals surface area contributed by atoms with Gasteiger partial charge in [0.05, 0.1) is 12.6 Å². The number of carbonyl (C=O) groups excluding carboxylic acids is 1. The van der Waals surface area contributed by atoms with Gasteiger partial charge in [0.25, 0.3) is 0 Å². The molecule has 15 heavy (non-hydrogen) atoms. The van der Waals surface area contributed by atoms with Crippen LogP contribution < -0.4 is 5.32 Å². The molecule has 0 aromatic rings. The molecule has 0 heterocycles. The van der Waals surface area contributed by atoms with Gasteiger partial charge in [-0.05, 0) is 6.42 Å². The number of aliphatic hydroxyl groups excluding tert-OH is 1. The smallest absolute Gasteiger partial charge is 0.394 e. The molecule has 0 aliphatic rings. The predicted octanol–water partition coefficient (Wildman–Crippen LogP) is 1.07. The van der Waals surface area contributed by atoms with Gasteiger partial charge in [0.15, 0.2) is 0 Å². The molecule has 90 valence electrons. The van der Waals surface area contributed by atoms with Gasteiger partial charge in [-0.1, -0.05) is 6.92 Å². The van der Waals surface area contributed by atoms with Crippen molar-refractivity contribution in [3.63, 3.8) is 0 Å². The molecule has 0 rings (SSSR count). The van der Waals surface area contributed by atoms with Crippen LogP contribution in [0.25, 0.3) is 0 Å². The van der Waals surface area contributed by atoms with Gasteiger partial charge >= 0.3 is 18.0 Å². The lowest BCUT2D eigenvalue weighted by molar-refractivity contribution is -0.270. The van der Waals surface area contributed by atoms with Crippen LogP contribution in [0.1, 0.15) is 13.3 Å². The van der Waals surface area contributed by atoms with E-state index in [9.17, 15) is 26.7 Å². The van der Waals surface area contributed by atoms with Crippen LogP contribution in [-0.4, -0.2) is 35.8 Å². The van der Waals surface area contributed by atoms with Gasteiger partial charge < -0.3 is 10.4 Å². The normalized spacial score (nSPS) is 14.9. The Bertz CT molecular complexity index is 224. The maximum absolute atomic E-state index is 12.3. The molecule has 0 aromatic carbocycles. The topological polar surface area (TPSA) is 49.3 Å². The summed E-state index contributed by atoms with van der Waals surface area (Å²) in [5, 5.41) is 9.91. The van der Waals surface area contributed by atoms with Gasteiger partial charge in [-0.15, -0.1) is 0 Å². The van der Waals surface area contributed by atoms with E-state index in [0.717, 1.165) is 0 Å². The quantitative estimate of drug-likeness (QED) is 0.716. The molecule has 0 fully saturated rings. The number of halogens is 5. The largest absolute Gasteiger partial charge is 0.463 e. The maximum atomic E-state index is 12.3. The van der Waals surface area contributed by atoms with Gasteiger partial charge in [-0.3, -0.25) is 4.79 Å².